The zero-order valence-corrected chi connectivity index (χ0v) is 21.3. The van der Waals surface area contributed by atoms with E-state index in [-0.39, 0.29) is 5.97 Å². The minimum atomic E-state index is -1.02. The molecule has 3 aromatic rings. The van der Waals surface area contributed by atoms with E-state index in [0.29, 0.717) is 5.56 Å². The number of carbonyl (C=O) groups excluding carboxylic acids is 1. The third-order valence-corrected chi connectivity index (χ3v) is 6.85. The molecule has 5 heteroatoms. The Morgan fingerprint density at radius 2 is 1.41 bits per heavy atom. The summed E-state index contributed by atoms with van der Waals surface area (Å²) < 4.78 is 6.42. The average molecular weight is 458 g/mol. The molecule has 0 radical (unpaired) electrons. The van der Waals surface area contributed by atoms with E-state index in [4.69, 9.17) is 4.74 Å². The number of carbonyl (C=O) groups is 1. The zero-order valence-electron chi connectivity index (χ0n) is 21.3. The number of aryl methyl sites for hydroxylation is 1. The van der Waals surface area contributed by atoms with Gasteiger partial charge in [-0.05, 0) is 56.7 Å². The van der Waals surface area contributed by atoms with Gasteiger partial charge >= 0.3 is 5.97 Å². The third kappa shape index (κ3) is 3.69. The molecule has 4 rings (SSSR count). The van der Waals surface area contributed by atoms with Crippen molar-refractivity contribution >= 4 is 23.0 Å². The van der Waals surface area contributed by atoms with Crippen molar-refractivity contribution < 1.29 is 9.53 Å². The van der Waals surface area contributed by atoms with Crippen LogP contribution >= 0.6 is 0 Å². The molecule has 0 bridgehead atoms. The van der Waals surface area contributed by atoms with Gasteiger partial charge in [-0.25, -0.2) is 4.79 Å². The molecule has 0 fully saturated rings. The van der Waals surface area contributed by atoms with E-state index >= 15 is 0 Å². The second-order valence-corrected chi connectivity index (χ2v) is 9.28. The number of hydrogen-bond donors (Lipinski definition) is 0. The summed E-state index contributed by atoms with van der Waals surface area (Å²) in [6, 6.07) is 20.6. The van der Waals surface area contributed by atoms with Crippen LogP contribution in [0.2, 0.25) is 0 Å². The highest BCUT2D eigenvalue weighted by atomic mass is 16.6. The topological polar surface area (TPSA) is 36.0 Å². The summed E-state index contributed by atoms with van der Waals surface area (Å²) in [5.41, 5.74) is 6.81. The normalized spacial score (nSPS) is 16.7. The fourth-order valence-corrected chi connectivity index (χ4v) is 5.06. The molecule has 0 spiro atoms. The second kappa shape index (κ2) is 9.05. The van der Waals surface area contributed by atoms with Gasteiger partial charge in [-0.15, -0.1) is 0 Å². The van der Waals surface area contributed by atoms with E-state index in [1.54, 1.807) is 0 Å². The third-order valence-electron chi connectivity index (χ3n) is 6.85. The summed E-state index contributed by atoms with van der Waals surface area (Å²) >= 11 is 0. The van der Waals surface area contributed by atoms with Crippen molar-refractivity contribution in [3.63, 3.8) is 0 Å². The highest BCUT2D eigenvalue weighted by Gasteiger charge is 2.50. The second-order valence-electron chi connectivity index (χ2n) is 9.28. The monoisotopic (exact) mass is 457 g/mol. The molecule has 0 aromatic heterocycles. The Morgan fingerprint density at radius 1 is 0.765 bits per heavy atom. The first kappa shape index (κ1) is 23.7. The molecule has 1 atom stereocenters. The Hall–Kier alpha value is -3.47. The van der Waals surface area contributed by atoms with Crippen LogP contribution in [0, 0.1) is 6.92 Å². The van der Waals surface area contributed by atoms with Crippen LogP contribution in [0.4, 0.5) is 17.1 Å². The van der Waals surface area contributed by atoms with Gasteiger partial charge in [0.05, 0.1) is 5.56 Å². The fraction of sp³-hybridized carbons (Fsp3) is 0.345. The van der Waals surface area contributed by atoms with Crippen LogP contribution in [0.25, 0.3) is 0 Å². The van der Waals surface area contributed by atoms with Gasteiger partial charge in [-0.3, -0.25) is 0 Å². The van der Waals surface area contributed by atoms with Crippen LogP contribution in [0.3, 0.4) is 0 Å². The predicted octanol–water partition coefficient (Wildman–Crippen LogP) is 5.44. The first-order chi connectivity index (χ1) is 16.2. The first-order valence-corrected chi connectivity index (χ1v) is 11.9. The first-order valence-electron chi connectivity index (χ1n) is 11.9. The Kier molecular flexibility index (Phi) is 6.30. The molecule has 0 saturated heterocycles. The quantitative estimate of drug-likeness (QED) is 0.442. The van der Waals surface area contributed by atoms with E-state index in [2.05, 4.69) is 71.9 Å². The van der Waals surface area contributed by atoms with Crippen molar-refractivity contribution in [3.05, 3.63) is 88.5 Å². The standard InChI is InChI=1S/C29H35N3O2/c1-8-32(9-2)22-15-16-24(20(3)18-22)29(25-13-11-10-12-23(25)28(33)34-29)26-17-14-21(30(4)5)19-27(26)31(6)7/h10-19H,8-9H2,1-7H3. The predicted molar refractivity (Wildman–Crippen MR) is 142 cm³/mol. The molecule has 1 unspecified atom stereocenters. The van der Waals surface area contributed by atoms with E-state index in [9.17, 15) is 4.79 Å². The average Bonchev–Trinajstić information content (AvgIpc) is 3.12. The number of ether oxygens (including phenoxy) is 1. The minimum Gasteiger partial charge on any atom is -0.440 e. The van der Waals surface area contributed by atoms with Gasteiger partial charge in [-0.2, -0.15) is 0 Å². The van der Waals surface area contributed by atoms with Gasteiger partial charge in [-0.1, -0.05) is 30.3 Å². The molecule has 1 aliphatic rings. The maximum atomic E-state index is 13.2. The molecule has 0 aliphatic carbocycles. The van der Waals surface area contributed by atoms with Crippen LogP contribution < -0.4 is 14.7 Å². The van der Waals surface area contributed by atoms with Gasteiger partial charge in [0.15, 0.2) is 5.60 Å². The van der Waals surface area contributed by atoms with Crippen molar-refractivity contribution in [2.24, 2.45) is 0 Å². The van der Waals surface area contributed by atoms with E-state index in [0.717, 1.165) is 46.7 Å². The lowest BCUT2D eigenvalue weighted by molar-refractivity contribution is 0.0251. The number of benzene rings is 3. The summed E-state index contributed by atoms with van der Waals surface area (Å²) in [5, 5.41) is 0. The molecule has 0 N–H and O–H groups in total. The lowest BCUT2D eigenvalue weighted by Crippen LogP contribution is -2.33. The molecular weight excluding hydrogens is 422 g/mol. The molecule has 0 amide bonds. The summed E-state index contributed by atoms with van der Waals surface area (Å²) in [7, 11) is 8.13. The van der Waals surface area contributed by atoms with Crippen LogP contribution in [0.15, 0.2) is 60.7 Å². The molecule has 1 heterocycles. The minimum absolute atomic E-state index is 0.288. The Bertz CT molecular complexity index is 1210. The smallest absolute Gasteiger partial charge is 0.340 e. The van der Waals surface area contributed by atoms with Crippen molar-refractivity contribution in [2.75, 3.05) is 56.0 Å². The van der Waals surface area contributed by atoms with E-state index < -0.39 is 5.60 Å². The molecule has 5 nitrogen and oxygen atoms in total. The van der Waals surface area contributed by atoms with E-state index in [1.165, 1.54) is 5.69 Å². The number of rotatable bonds is 7. The summed E-state index contributed by atoms with van der Waals surface area (Å²) in [6.45, 7) is 8.32. The Balaban J connectivity index is 2.04. The molecular formula is C29H35N3O2. The number of hydrogen-bond acceptors (Lipinski definition) is 5. The highest BCUT2D eigenvalue weighted by Crippen LogP contribution is 2.51. The summed E-state index contributed by atoms with van der Waals surface area (Å²) in [6.07, 6.45) is 0. The van der Waals surface area contributed by atoms with Crippen LogP contribution in [-0.2, 0) is 10.3 Å². The Labute approximate surface area is 203 Å². The van der Waals surface area contributed by atoms with Crippen molar-refractivity contribution in [1.29, 1.82) is 0 Å². The van der Waals surface area contributed by atoms with Gasteiger partial charge in [0.25, 0.3) is 0 Å². The van der Waals surface area contributed by atoms with Gasteiger partial charge in [0.1, 0.15) is 0 Å². The molecule has 3 aromatic carbocycles. The van der Waals surface area contributed by atoms with Crippen LogP contribution in [0.1, 0.15) is 46.5 Å². The summed E-state index contributed by atoms with van der Waals surface area (Å²) in [5.74, 6) is -0.288. The van der Waals surface area contributed by atoms with Crippen molar-refractivity contribution in [2.45, 2.75) is 26.4 Å². The Morgan fingerprint density at radius 3 is 2.03 bits per heavy atom. The molecule has 1 aliphatic heterocycles. The number of esters is 1. The largest absolute Gasteiger partial charge is 0.440 e. The molecule has 34 heavy (non-hydrogen) atoms. The van der Waals surface area contributed by atoms with Crippen LogP contribution in [0.5, 0.6) is 0 Å². The SMILES string of the molecule is CCN(CC)c1ccc(C2(c3ccc(N(C)C)cc3N(C)C)OC(=O)c3ccccc32)c(C)c1. The highest BCUT2D eigenvalue weighted by molar-refractivity contribution is 5.97. The maximum Gasteiger partial charge on any atom is 0.340 e. The zero-order chi connectivity index (χ0) is 24.6. The van der Waals surface area contributed by atoms with Crippen molar-refractivity contribution in [3.8, 4) is 0 Å². The number of nitrogens with zero attached hydrogens (tertiary/aromatic N) is 3. The van der Waals surface area contributed by atoms with Gasteiger partial charge in [0.2, 0.25) is 0 Å². The van der Waals surface area contributed by atoms with Gasteiger partial charge < -0.3 is 19.4 Å². The van der Waals surface area contributed by atoms with Crippen LogP contribution in [-0.4, -0.2) is 47.2 Å². The maximum absolute atomic E-state index is 13.2. The molecule has 0 saturated carbocycles. The molecule has 178 valence electrons. The fourth-order valence-electron chi connectivity index (χ4n) is 5.06. The number of anilines is 3. The van der Waals surface area contributed by atoms with E-state index in [1.807, 2.05) is 52.5 Å². The number of cyclic esters (lactones) is 1. The van der Waals surface area contributed by atoms with Gasteiger partial charge in [0, 0.05) is 75.0 Å². The summed E-state index contributed by atoms with van der Waals surface area (Å²) in [4.78, 5) is 19.7. The lowest BCUT2D eigenvalue weighted by Gasteiger charge is -2.35. The number of fused-ring (bicyclic) bond motifs is 1. The lowest BCUT2D eigenvalue weighted by atomic mass is 9.77. The van der Waals surface area contributed by atoms with Crippen molar-refractivity contribution in [1.82, 2.24) is 0 Å².